The van der Waals surface area contributed by atoms with Crippen molar-refractivity contribution in [3.8, 4) is 0 Å². The monoisotopic (exact) mass is 373 g/mol. The summed E-state index contributed by atoms with van der Waals surface area (Å²) in [7, 11) is 0. The molecule has 0 aromatic heterocycles. The van der Waals surface area contributed by atoms with E-state index in [1.54, 1.807) is 0 Å². The maximum absolute atomic E-state index is 12.1. The van der Waals surface area contributed by atoms with E-state index in [4.69, 9.17) is 17.1 Å². The molecule has 0 saturated carbocycles. The van der Waals surface area contributed by atoms with E-state index in [0.717, 1.165) is 0 Å². The summed E-state index contributed by atoms with van der Waals surface area (Å²) in [6.45, 7) is 0.441. The number of carbonyl (C=O) groups excluding carboxylic acids is 1. The molecule has 1 aliphatic rings. The van der Waals surface area contributed by atoms with Crippen LogP contribution in [0.4, 0.5) is 11.4 Å². The van der Waals surface area contributed by atoms with Gasteiger partial charge in [0, 0.05) is 40.0 Å². The van der Waals surface area contributed by atoms with Crippen molar-refractivity contribution in [2.24, 2.45) is 11.0 Å². The molecule has 1 amide bonds. The van der Waals surface area contributed by atoms with E-state index >= 15 is 0 Å². The van der Waals surface area contributed by atoms with Gasteiger partial charge in [-0.25, -0.2) is 0 Å². The van der Waals surface area contributed by atoms with Crippen LogP contribution in [0, 0.1) is 16.0 Å². The van der Waals surface area contributed by atoms with E-state index in [9.17, 15) is 14.9 Å². The van der Waals surface area contributed by atoms with Gasteiger partial charge in [-0.05, 0) is 33.4 Å². The molecular formula is C11H9BrClN5O3. The molecule has 1 unspecified atom stereocenters. The van der Waals surface area contributed by atoms with Gasteiger partial charge in [0.05, 0.1) is 4.92 Å². The summed E-state index contributed by atoms with van der Waals surface area (Å²) in [5.41, 5.74) is 8.25. The molecule has 1 aromatic carbocycles. The first-order valence-electron chi connectivity index (χ1n) is 5.88. The fourth-order valence-corrected chi connectivity index (χ4v) is 3.24. The second kappa shape index (κ2) is 6.30. The van der Waals surface area contributed by atoms with Crippen molar-refractivity contribution >= 4 is 44.8 Å². The normalized spacial score (nSPS) is 17.7. The molecule has 1 aromatic rings. The summed E-state index contributed by atoms with van der Waals surface area (Å²) in [5, 5.41) is 14.8. The van der Waals surface area contributed by atoms with Gasteiger partial charge in [0.15, 0.2) is 0 Å². The predicted octanol–water partition coefficient (Wildman–Crippen LogP) is 3.67. The largest absolute Gasteiger partial charge is 0.305 e. The zero-order chi connectivity index (χ0) is 15.6. The number of nitrogens with zero attached hydrogens (tertiary/aromatic N) is 5. The van der Waals surface area contributed by atoms with Crippen molar-refractivity contribution < 1.29 is 9.72 Å². The van der Waals surface area contributed by atoms with Gasteiger partial charge in [0.1, 0.15) is 5.69 Å². The summed E-state index contributed by atoms with van der Waals surface area (Å²) in [6.07, 6.45) is 0.186. The lowest BCUT2D eigenvalue weighted by Gasteiger charge is -2.18. The molecule has 21 heavy (non-hydrogen) atoms. The summed E-state index contributed by atoms with van der Waals surface area (Å²) < 4.78 is 0.375. The lowest BCUT2D eigenvalue weighted by atomic mass is 10.1. The lowest BCUT2D eigenvalue weighted by Crippen LogP contribution is -2.26. The summed E-state index contributed by atoms with van der Waals surface area (Å²) >= 11 is 9.03. The first-order valence-corrected chi connectivity index (χ1v) is 7.05. The molecule has 0 radical (unpaired) electrons. The van der Waals surface area contributed by atoms with Gasteiger partial charge in [-0.1, -0.05) is 16.7 Å². The van der Waals surface area contributed by atoms with Crippen LogP contribution in [0.2, 0.25) is 5.02 Å². The maximum Gasteiger partial charge on any atom is 0.295 e. The molecule has 0 spiro atoms. The molecule has 2 rings (SSSR count). The summed E-state index contributed by atoms with van der Waals surface area (Å²) in [5.74, 6) is -0.408. The SMILES string of the molecule is [N-]=[N+]=NCC1CC(=O)N(c2c(Br)cc(Cl)cc2[N+](=O)[O-])C1. The van der Waals surface area contributed by atoms with Gasteiger partial charge < -0.3 is 4.90 Å². The third-order valence-electron chi connectivity index (χ3n) is 3.08. The zero-order valence-electron chi connectivity index (χ0n) is 10.6. The Morgan fingerprint density at radius 1 is 1.62 bits per heavy atom. The number of nitro benzene ring substituents is 1. The number of azide groups is 1. The van der Waals surface area contributed by atoms with Crippen molar-refractivity contribution in [2.75, 3.05) is 18.0 Å². The Morgan fingerprint density at radius 3 is 2.95 bits per heavy atom. The van der Waals surface area contributed by atoms with Crippen LogP contribution in [0.25, 0.3) is 10.4 Å². The van der Waals surface area contributed by atoms with Crippen LogP contribution in [0.3, 0.4) is 0 Å². The number of rotatable bonds is 4. The number of nitro groups is 1. The Kier molecular flexibility index (Phi) is 4.66. The first kappa shape index (κ1) is 15.6. The van der Waals surface area contributed by atoms with Crippen LogP contribution in [-0.2, 0) is 4.79 Å². The number of hydrogen-bond acceptors (Lipinski definition) is 4. The minimum atomic E-state index is -0.583. The van der Waals surface area contributed by atoms with E-state index in [0.29, 0.717) is 4.47 Å². The van der Waals surface area contributed by atoms with Gasteiger partial charge in [0.2, 0.25) is 5.91 Å². The number of halogens is 2. The maximum atomic E-state index is 12.1. The van der Waals surface area contributed by atoms with Gasteiger partial charge in [0.25, 0.3) is 5.69 Å². The second-order valence-corrected chi connectivity index (χ2v) is 5.79. The third kappa shape index (κ3) is 3.26. The minimum absolute atomic E-state index is 0.157. The summed E-state index contributed by atoms with van der Waals surface area (Å²) in [6, 6.07) is 2.70. The van der Waals surface area contributed by atoms with E-state index in [1.165, 1.54) is 17.0 Å². The highest BCUT2D eigenvalue weighted by Gasteiger charge is 2.35. The zero-order valence-corrected chi connectivity index (χ0v) is 12.9. The van der Waals surface area contributed by atoms with Crippen LogP contribution in [0.5, 0.6) is 0 Å². The highest BCUT2D eigenvalue weighted by atomic mass is 79.9. The van der Waals surface area contributed by atoms with Crippen molar-refractivity contribution in [2.45, 2.75) is 6.42 Å². The fraction of sp³-hybridized carbons (Fsp3) is 0.364. The van der Waals surface area contributed by atoms with Gasteiger partial charge in [-0.3, -0.25) is 14.9 Å². The molecule has 0 N–H and O–H groups in total. The molecule has 1 atom stereocenters. The molecular weight excluding hydrogens is 366 g/mol. The number of amides is 1. The average molecular weight is 375 g/mol. The Hall–Kier alpha value is -1.83. The summed E-state index contributed by atoms with van der Waals surface area (Å²) in [4.78, 5) is 26.6. The van der Waals surface area contributed by atoms with Crippen LogP contribution in [0.15, 0.2) is 21.7 Å². The van der Waals surface area contributed by atoms with E-state index in [-0.39, 0.29) is 47.7 Å². The van der Waals surface area contributed by atoms with Crippen LogP contribution >= 0.6 is 27.5 Å². The van der Waals surface area contributed by atoms with E-state index in [2.05, 4.69) is 26.0 Å². The minimum Gasteiger partial charge on any atom is -0.305 e. The molecule has 8 nitrogen and oxygen atoms in total. The van der Waals surface area contributed by atoms with Crippen molar-refractivity contribution in [1.29, 1.82) is 0 Å². The smallest absolute Gasteiger partial charge is 0.295 e. The van der Waals surface area contributed by atoms with E-state index < -0.39 is 4.92 Å². The van der Waals surface area contributed by atoms with Crippen molar-refractivity contribution in [3.63, 3.8) is 0 Å². The fourth-order valence-electron chi connectivity index (χ4n) is 2.23. The van der Waals surface area contributed by atoms with Crippen LogP contribution in [0.1, 0.15) is 6.42 Å². The molecule has 1 saturated heterocycles. The highest BCUT2D eigenvalue weighted by Crippen LogP contribution is 2.41. The number of carbonyl (C=O) groups is 1. The molecule has 1 heterocycles. The number of benzene rings is 1. The lowest BCUT2D eigenvalue weighted by molar-refractivity contribution is -0.384. The third-order valence-corrected chi connectivity index (χ3v) is 3.91. The van der Waals surface area contributed by atoms with Gasteiger partial charge in [-0.2, -0.15) is 0 Å². The Bertz CT molecular complexity index is 662. The molecule has 110 valence electrons. The predicted molar refractivity (Wildman–Crippen MR) is 80.3 cm³/mol. The van der Waals surface area contributed by atoms with E-state index in [1.807, 2.05) is 0 Å². The topological polar surface area (TPSA) is 112 Å². The molecule has 0 bridgehead atoms. The molecule has 10 heteroatoms. The van der Waals surface area contributed by atoms with Gasteiger partial charge >= 0.3 is 0 Å². The van der Waals surface area contributed by atoms with Crippen molar-refractivity contribution in [1.82, 2.24) is 0 Å². The highest BCUT2D eigenvalue weighted by molar-refractivity contribution is 9.10. The second-order valence-electron chi connectivity index (χ2n) is 4.50. The Morgan fingerprint density at radius 2 is 2.33 bits per heavy atom. The van der Waals surface area contributed by atoms with Crippen molar-refractivity contribution in [3.05, 3.63) is 42.2 Å². The first-order chi connectivity index (χ1) is 9.93. The van der Waals surface area contributed by atoms with Crippen LogP contribution in [-0.4, -0.2) is 23.9 Å². The Balaban J connectivity index is 2.40. The standard InChI is InChI=1S/C11H9BrClN5O3/c12-8-2-7(13)3-9(18(20)21)11(8)17-5-6(1-10(17)19)4-15-16-14/h2-3,6H,1,4-5H2. The average Bonchev–Trinajstić information content (AvgIpc) is 2.76. The molecule has 0 aliphatic carbocycles. The molecule has 1 aliphatic heterocycles. The number of hydrogen-bond donors (Lipinski definition) is 0. The molecule has 1 fully saturated rings. The van der Waals surface area contributed by atoms with Crippen LogP contribution < -0.4 is 4.90 Å². The quantitative estimate of drug-likeness (QED) is 0.263. The van der Waals surface area contributed by atoms with Gasteiger partial charge in [-0.15, -0.1) is 0 Å². The Labute approximate surface area is 132 Å². The number of anilines is 1.